The fraction of sp³-hybridized carbons (Fsp3) is 0.222. The van der Waals surface area contributed by atoms with E-state index >= 15 is 0 Å². The van der Waals surface area contributed by atoms with E-state index in [0.29, 0.717) is 0 Å². The molecule has 4 aromatic carbocycles. The molecule has 0 aliphatic rings. The van der Waals surface area contributed by atoms with Gasteiger partial charge in [0.15, 0.2) is 6.29 Å². The van der Waals surface area contributed by atoms with E-state index in [9.17, 15) is 4.79 Å². The molecule has 0 heterocycles. The molecule has 0 aliphatic carbocycles. The summed E-state index contributed by atoms with van der Waals surface area (Å²) in [6, 6.07) is 24.6. The van der Waals surface area contributed by atoms with Crippen molar-refractivity contribution in [2.75, 3.05) is 6.61 Å². The third kappa shape index (κ3) is 3.88. The molecule has 4 rings (SSSR count). The Kier molecular flexibility index (Phi) is 5.90. The Bertz CT molecular complexity index is 1070. The maximum Gasteiger partial charge on any atom is 0.151 e. The molecule has 0 radical (unpaired) electrons. The second-order valence-electron chi connectivity index (χ2n) is 7.43. The number of carbonyl (C=O) groups excluding carboxylic acids is 1. The van der Waals surface area contributed by atoms with Gasteiger partial charge in [-0.1, -0.05) is 86.8 Å². The number of unbranched alkanes of at least 4 members (excludes halogenated alkanes) is 3. The summed E-state index contributed by atoms with van der Waals surface area (Å²) < 4.78 is 5.91. The number of ether oxygens (including phenoxy) is 1. The molecule has 0 spiro atoms. The fourth-order valence-corrected chi connectivity index (χ4v) is 4.04. The van der Waals surface area contributed by atoms with Crippen molar-refractivity contribution in [3.63, 3.8) is 0 Å². The normalized spacial score (nSPS) is 11.1. The lowest BCUT2D eigenvalue weighted by molar-refractivity contribution is 0.112. The topological polar surface area (TPSA) is 26.3 Å². The van der Waals surface area contributed by atoms with Crippen LogP contribution in [0.25, 0.3) is 32.7 Å². The first-order valence-electron chi connectivity index (χ1n) is 10.5. The molecule has 4 aromatic rings. The molecule has 146 valence electrons. The highest BCUT2D eigenvalue weighted by molar-refractivity contribution is 6.20. The van der Waals surface area contributed by atoms with Gasteiger partial charge in [0.25, 0.3) is 0 Å². The lowest BCUT2D eigenvalue weighted by atomic mass is 9.89. The van der Waals surface area contributed by atoms with Crippen LogP contribution in [0.3, 0.4) is 0 Å². The van der Waals surface area contributed by atoms with Gasteiger partial charge in [-0.25, -0.2) is 0 Å². The molecule has 0 saturated heterocycles. The number of aldehydes is 1. The van der Waals surface area contributed by atoms with Crippen LogP contribution in [0.1, 0.15) is 43.0 Å². The van der Waals surface area contributed by atoms with E-state index in [2.05, 4.69) is 31.2 Å². The molecule has 29 heavy (non-hydrogen) atoms. The van der Waals surface area contributed by atoms with Crippen LogP contribution in [0.2, 0.25) is 0 Å². The van der Waals surface area contributed by atoms with Crippen LogP contribution in [0, 0.1) is 0 Å². The van der Waals surface area contributed by atoms with Crippen molar-refractivity contribution in [2.45, 2.75) is 32.6 Å². The molecule has 2 nitrogen and oxygen atoms in total. The molecule has 0 amide bonds. The zero-order chi connectivity index (χ0) is 20.1. The number of hydrogen-bond donors (Lipinski definition) is 0. The highest BCUT2D eigenvalue weighted by atomic mass is 16.5. The third-order valence-electron chi connectivity index (χ3n) is 5.50. The average molecular weight is 383 g/mol. The summed E-state index contributed by atoms with van der Waals surface area (Å²) in [4.78, 5) is 11.9. The smallest absolute Gasteiger partial charge is 0.151 e. The third-order valence-corrected chi connectivity index (χ3v) is 5.50. The number of carbonyl (C=O) groups is 1. The van der Waals surface area contributed by atoms with Crippen LogP contribution in [0.15, 0.2) is 72.8 Å². The lowest BCUT2D eigenvalue weighted by Gasteiger charge is -2.15. The van der Waals surface area contributed by atoms with E-state index in [0.717, 1.165) is 63.3 Å². The molecule has 2 heteroatoms. The Hall–Kier alpha value is -3.13. The first-order valence-corrected chi connectivity index (χ1v) is 10.5. The van der Waals surface area contributed by atoms with Crippen molar-refractivity contribution in [3.8, 4) is 16.9 Å². The monoisotopic (exact) mass is 382 g/mol. The minimum atomic E-state index is 0.756. The van der Waals surface area contributed by atoms with E-state index in [-0.39, 0.29) is 0 Å². The summed E-state index contributed by atoms with van der Waals surface area (Å²) in [6.45, 7) is 2.98. The minimum absolute atomic E-state index is 0.756. The van der Waals surface area contributed by atoms with Gasteiger partial charge in [0.1, 0.15) is 5.75 Å². The van der Waals surface area contributed by atoms with Gasteiger partial charge in [-0.2, -0.15) is 0 Å². The van der Waals surface area contributed by atoms with E-state index in [4.69, 9.17) is 4.74 Å². The molecule has 0 aliphatic heterocycles. The van der Waals surface area contributed by atoms with Crippen molar-refractivity contribution >= 4 is 27.8 Å². The zero-order valence-corrected chi connectivity index (χ0v) is 16.9. The summed E-state index contributed by atoms with van der Waals surface area (Å²) in [5.74, 6) is 0.906. The Labute approximate surface area is 172 Å². The molecular weight excluding hydrogens is 356 g/mol. The molecule has 0 aromatic heterocycles. The standard InChI is InChI=1S/C27H26O2/c1-2-3-4-9-18-29-21-16-14-20(15-17-21)27-24-12-7-5-10-22(24)26(19-28)23-11-6-8-13-25(23)27/h5-8,10-17,19H,2-4,9,18H2,1H3. The first kappa shape index (κ1) is 19.2. The first-order chi connectivity index (χ1) is 14.3. The molecule has 0 N–H and O–H groups in total. The second kappa shape index (κ2) is 8.91. The summed E-state index contributed by atoms with van der Waals surface area (Å²) in [7, 11) is 0. The Morgan fingerprint density at radius 2 is 1.31 bits per heavy atom. The summed E-state index contributed by atoms with van der Waals surface area (Å²) in [5.41, 5.74) is 3.05. The quantitative estimate of drug-likeness (QED) is 0.180. The minimum Gasteiger partial charge on any atom is -0.494 e. The van der Waals surface area contributed by atoms with Crippen LogP contribution in [0.4, 0.5) is 0 Å². The van der Waals surface area contributed by atoms with Gasteiger partial charge < -0.3 is 4.74 Å². The van der Waals surface area contributed by atoms with Gasteiger partial charge in [-0.3, -0.25) is 4.79 Å². The Balaban J connectivity index is 1.74. The lowest BCUT2D eigenvalue weighted by Crippen LogP contribution is -1.97. The van der Waals surface area contributed by atoms with Crippen molar-refractivity contribution in [3.05, 3.63) is 78.4 Å². The highest BCUT2D eigenvalue weighted by Crippen LogP contribution is 2.39. The second-order valence-corrected chi connectivity index (χ2v) is 7.43. The Morgan fingerprint density at radius 1 is 0.724 bits per heavy atom. The van der Waals surface area contributed by atoms with Crippen molar-refractivity contribution in [2.24, 2.45) is 0 Å². The van der Waals surface area contributed by atoms with Gasteiger partial charge in [0.2, 0.25) is 0 Å². The van der Waals surface area contributed by atoms with E-state index in [1.54, 1.807) is 0 Å². The molecule has 0 fully saturated rings. The number of fused-ring (bicyclic) bond motifs is 2. The number of hydrogen-bond acceptors (Lipinski definition) is 2. The van der Waals surface area contributed by atoms with Crippen molar-refractivity contribution < 1.29 is 9.53 Å². The number of rotatable bonds is 8. The molecular formula is C27H26O2. The maximum atomic E-state index is 11.9. The number of benzene rings is 4. The van der Waals surface area contributed by atoms with E-state index in [1.165, 1.54) is 19.3 Å². The average Bonchev–Trinajstić information content (AvgIpc) is 2.78. The summed E-state index contributed by atoms with van der Waals surface area (Å²) in [5, 5.41) is 4.18. The summed E-state index contributed by atoms with van der Waals surface area (Å²) >= 11 is 0. The molecule has 0 unspecified atom stereocenters. The van der Waals surface area contributed by atoms with Gasteiger partial charge in [0.05, 0.1) is 6.61 Å². The van der Waals surface area contributed by atoms with Crippen LogP contribution in [-0.2, 0) is 0 Å². The van der Waals surface area contributed by atoms with Gasteiger partial charge >= 0.3 is 0 Å². The predicted octanol–water partition coefficient (Wildman–Crippen LogP) is 7.43. The molecule has 0 bridgehead atoms. The van der Waals surface area contributed by atoms with Gasteiger partial charge in [-0.05, 0) is 51.2 Å². The van der Waals surface area contributed by atoms with Crippen molar-refractivity contribution in [1.82, 2.24) is 0 Å². The largest absolute Gasteiger partial charge is 0.494 e. The van der Waals surface area contributed by atoms with Crippen molar-refractivity contribution in [1.29, 1.82) is 0 Å². The van der Waals surface area contributed by atoms with Crippen LogP contribution in [0.5, 0.6) is 5.75 Å². The predicted molar refractivity (Wildman–Crippen MR) is 122 cm³/mol. The Morgan fingerprint density at radius 3 is 1.86 bits per heavy atom. The highest BCUT2D eigenvalue weighted by Gasteiger charge is 2.14. The summed E-state index contributed by atoms with van der Waals surface area (Å²) in [6.07, 6.45) is 5.79. The van der Waals surface area contributed by atoms with E-state index in [1.807, 2.05) is 48.5 Å². The van der Waals surface area contributed by atoms with Gasteiger partial charge in [-0.15, -0.1) is 0 Å². The molecule has 0 saturated carbocycles. The van der Waals surface area contributed by atoms with Gasteiger partial charge in [0, 0.05) is 5.56 Å². The fourth-order valence-electron chi connectivity index (χ4n) is 4.04. The molecule has 0 atom stereocenters. The maximum absolute atomic E-state index is 11.9. The van der Waals surface area contributed by atoms with Crippen LogP contribution < -0.4 is 4.74 Å². The van der Waals surface area contributed by atoms with E-state index < -0.39 is 0 Å². The van der Waals surface area contributed by atoms with Crippen LogP contribution >= 0.6 is 0 Å². The van der Waals surface area contributed by atoms with Crippen LogP contribution in [-0.4, -0.2) is 12.9 Å². The zero-order valence-electron chi connectivity index (χ0n) is 16.9. The SMILES string of the molecule is CCCCCCOc1ccc(-c2c3ccccc3c(C=O)c3ccccc23)cc1.